The molecule has 0 unspecified atom stereocenters. The zero-order valence-electron chi connectivity index (χ0n) is 7.28. The van der Waals surface area contributed by atoms with Crippen molar-refractivity contribution in [2.45, 2.75) is 19.8 Å². The number of hydrogen-bond acceptors (Lipinski definition) is 2. The monoisotopic (exact) mass is 153 g/mol. The van der Waals surface area contributed by atoms with Crippen LogP contribution < -0.4 is 0 Å². The molecule has 2 nitrogen and oxygen atoms in total. The van der Waals surface area contributed by atoms with Crippen molar-refractivity contribution in [3.63, 3.8) is 0 Å². The van der Waals surface area contributed by atoms with Crippen LogP contribution >= 0.6 is 0 Å². The molecule has 0 aliphatic carbocycles. The summed E-state index contributed by atoms with van der Waals surface area (Å²) in [7, 11) is 1.00. The summed E-state index contributed by atoms with van der Waals surface area (Å²) in [5.74, 6) is 0.547. The fourth-order valence-electron chi connectivity index (χ4n) is 0.717. The van der Waals surface area contributed by atoms with Crippen molar-refractivity contribution in [3.8, 4) is 0 Å². The van der Waals surface area contributed by atoms with E-state index in [0.29, 0.717) is 5.92 Å². The maximum atomic E-state index is 7.00. The first kappa shape index (κ1) is 10.1. The topological polar surface area (TPSA) is 33.1 Å². The van der Waals surface area contributed by atoms with Crippen LogP contribution in [-0.2, 0) is 0 Å². The van der Waals surface area contributed by atoms with E-state index < -0.39 is 0 Å². The molecular formula is C9H15NO. The second-order valence-corrected chi connectivity index (χ2v) is 2.41. The highest BCUT2D eigenvalue weighted by Gasteiger charge is 1.95. The van der Waals surface area contributed by atoms with E-state index in [1.165, 1.54) is 0 Å². The Hall–Kier alpha value is -0.890. The molecule has 1 rings (SSSR count). The molecule has 1 N–H and O–H groups in total. The van der Waals surface area contributed by atoms with E-state index in [9.17, 15) is 0 Å². The largest absolute Gasteiger partial charge is 0.400 e. The molecule has 0 spiro atoms. The first-order valence-electron chi connectivity index (χ1n) is 3.66. The van der Waals surface area contributed by atoms with Gasteiger partial charge in [0.2, 0.25) is 0 Å². The Kier molecular flexibility index (Phi) is 5.39. The summed E-state index contributed by atoms with van der Waals surface area (Å²) in [6.45, 7) is 4.28. The summed E-state index contributed by atoms with van der Waals surface area (Å²) in [5, 5.41) is 7.00. The minimum absolute atomic E-state index is 0.547. The lowest BCUT2D eigenvalue weighted by molar-refractivity contribution is 0.399. The van der Waals surface area contributed by atoms with E-state index in [0.717, 1.165) is 12.8 Å². The summed E-state index contributed by atoms with van der Waals surface area (Å²) in [6, 6.07) is 6.00. The van der Waals surface area contributed by atoms with E-state index in [4.69, 9.17) is 5.11 Å². The summed E-state index contributed by atoms with van der Waals surface area (Å²) in [6.07, 6.45) is 1.83. The molecule has 1 aromatic rings. The Bertz CT molecular complexity index is 172. The first-order chi connectivity index (χ1) is 5.30. The van der Waals surface area contributed by atoms with Crippen LogP contribution in [-0.4, -0.2) is 17.2 Å². The maximum absolute atomic E-state index is 7.00. The lowest BCUT2D eigenvalue weighted by Gasteiger charge is -2.00. The van der Waals surface area contributed by atoms with Crippen LogP contribution in [0.1, 0.15) is 25.5 Å². The van der Waals surface area contributed by atoms with Gasteiger partial charge in [0.15, 0.2) is 0 Å². The number of aromatic nitrogens is 1. The Labute approximate surface area is 67.9 Å². The lowest BCUT2D eigenvalue weighted by Crippen LogP contribution is -1.88. The molecule has 0 bridgehead atoms. The molecule has 62 valence electrons. The minimum atomic E-state index is 0.547. The van der Waals surface area contributed by atoms with Crippen molar-refractivity contribution in [3.05, 3.63) is 30.1 Å². The second kappa shape index (κ2) is 5.86. The molecule has 0 radical (unpaired) electrons. The Morgan fingerprint density at radius 2 is 1.91 bits per heavy atom. The molecule has 0 saturated carbocycles. The van der Waals surface area contributed by atoms with Gasteiger partial charge in [-0.1, -0.05) is 19.9 Å². The lowest BCUT2D eigenvalue weighted by atomic mass is 10.1. The summed E-state index contributed by atoms with van der Waals surface area (Å²) >= 11 is 0. The zero-order valence-corrected chi connectivity index (χ0v) is 7.28. The number of hydrogen-bond donors (Lipinski definition) is 1. The van der Waals surface area contributed by atoms with Gasteiger partial charge >= 0.3 is 0 Å². The van der Waals surface area contributed by atoms with Crippen LogP contribution in [0.5, 0.6) is 0 Å². The molecule has 1 heterocycles. The van der Waals surface area contributed by atoms with Gasteiger partial charge in [0.1, 0.15) is 0 Å². The quantitative estimate of drug-likeness (QED) is 0.667. The van der Waals surface area contributed by atoms with Gasteiger partial charge in [0, 0.05) is 19.0 Å². The van der Waals surface area contributed by atoms with Gasteiger partial charge in [-0.25, -0.2) is 0 Å². The van der Waals surface area contributed by atoms with Gasteiger partial charge < -0.3 is 5.11 Å². The van der Waals surface area contributed by atoms with E-state index in [2.05, 4.69) is 18.8 Å². The number of pyridine rings is 1. The fraction of sp³-hybridized carbons (Fsp3) is 0.444. The first-order valence-corrected chi connectivity index (χ1v) is 3.66. The molecule has 1 aromatic heterocycles. The van der Waals surface area contributed by atoms with Gasteiger partial charge in [-0.3, -0.25) is 4.98 Å². The van der Waals surface area contributed by atoms with E-state index in [1.807, 2.05) is 24.4 Å². The third-order valence-corrected chi connectivity index (χ3v) is 1.28. The Balaban J connectivity index is 0.000000461. The van der Waals surface area contributed by atoms with Crippen LogP contribution in [0, 0.1) is 0 Å². The molecule has 0 aliphatic rings. The van der Waals surface area contributed by atoms with Crippen molar-refractivity contribution < 1.29 is 5.11 Å². The van der Waals surface area contributed by atoms with Crippen molar-refractivity contribution in [2.75, 3.05) is 7.11 Å². The smallest absolute Gasteiger partial charge is 0.0428 e. The Morgan fingerprint density at radius 1 is 1.27 bits per heavy atom. The van der Waals surface area contributed by atoms with Crippen molar-refractivity contribution in [1.29, 1.82) is 0 Å². The molecule has 0 atom stereocenters. The van der Waals surface area contributed by atoms with E-state index in [-0.39, 0.29) is 0 Å². The highest BCUT2D eigenvalue weighted by atomic mass is 16.2. The molecule has 2 heteroatoms. The summed E-state index contributed by atoms with van der Waals surface area (Å²) in [4.78, 5) is 4.18. The number of rotatable bonds is 1. The van der Waals surface area contributed by atoms with Crippen molar-refractivity contribution in [2.24, 2.45) is 0 Å². The van der Waals surface area contributed by atoms with Gasteiger partial charge in [-0.2, -0.15) is 0 Å². The SMILES string of the molecule is CC(C)c1ccccn1.CO. The van der Waals surface area contributed by atoms with E-state index >= 15 is 0 Å². The highest BCUT2D eigenvalue weighted by Crippen LogP contribution is 2.08. The predicted molar refractivity (Wildman–Crippen MR) is 46.5 cm³/mol. The molecule has 0 aliphatic heterocycles. The fourth-order valence-corrected chi connectivity index (χ4v) is 0.717. The van der Waals surface area contributed by atoms with Crippen molar-refractivity contribution >= 4 is 0 Å². The third kappa shape index (κ3) is 3.73. The molecule has 0 saturated heterocycles. The van der Waals surface area contributed by atoms with Crippen LogP contribution in [0.2, 0.25) is 0 Å². The normalized spacial score (nSPS) is 8.82. The average Bonchev–Trinajstić information content (AvgIpc) is 2.10. The highest BCUT2D eigenvalue weighted by molar-refractivity contribution is 5.06. The number of aliphatic hydroxyl groups excluding tert-OH is 1. The molecule has 0 amide bonds. The predicted octanol–water partition coefficient (Wildman–Crippen LogP) is 1.81. The van der Waals surface area contributed by atoms with Gasteiger partial charge in [-0.05, 0) is 18.1 Å². The zero-order chi connectivity index (χ0) is 8.69. The number of nitrogens with zero attached hydrogens (tertiary/aromatic N) is 1. The van der Waals surface area contributed by atoms with Crippen LogP contribution in [0.25, 0.3) is 0 Å². The number of aliphatic hydroxyl groups is 1. The van der Waals surface area contributed by atoms with Crippen LogP contribution in [0.15, 0.2) is 24.4 Å². The summed E-state index contributed by atoms with van der Waals surface area (Å²) in [5.41, 5.74) is 1.16. The molecule has 0 aromatic carbocycles. The summed E-state index contributed by atoms with van der Waals surface area (Å²) < 4.78 is 0. The molecule has 11 heavy (non-hydrogen) atoms. The second-order valence-electron chi connectivity index (χ2n) is 2.41. The van der Waals surface area contributed by atoms with E-state index in [1.54, 1.807) is 0 Å². The average molecular weight is 153 g/mol. The standard InChI is InChI=1S/C8H11N.CH4O/c1-7(2)8-5-3-4-6-9-8;1-2/h3-7H,1-2H3;2H,1H3. The van der Waals surface area contributed by atoms with Crippen molar-refractivity contribution in [1.82, 2.24) is 4.98 Å². The van der Waals surface area contributed by atoms with Crippen LogP contribution in [0.3, 0.4) is 0 Å². The molecule has 0 fully saturated rings. The minimum Gasteiger partial charge on any atom is -0.400 e. The maximum Gasteiger partial charge on any atom is 0.0428 e. The molecular weight excluding hydrogens is 138 g/mol. The van der Waals surface area contributed by atoms with Gasteiger partial charge in [0.25, 0.3) is 0 Å². The third-order valence-electron chi connectivity index (χ3n) is 1.28. The van der Waals surface area contributed by atoms with Crippen LogP contribution in [0.4, 0.5) is 0 Å². The van der Waals surface area contributed by atoms with Gasteiger partial charge in [0.05, 0.1) is 0 Å². The van der Waals surface area contributed by atoms with Gasteiger partial charge in [-0.15, -0.1) is 0 Å². The Morgan fingerprint density at radius 3 is 2.18 bits per heavy atom.